The Morgan fingerprint density at radius 3 is 2.50 bits per heavy atom. The van der Waals surface area contributed by atoms with Crippen molar-refractivity contribution in [2.24, 2.45) is 0 Å². The first-order valence-corrected chi connectivity index (χ1v) is 8.63. The summed E-state index contributed by atoms with van der Waals surface area (Å²) in [5.41, 5.74) is 2.09. The lowest BCUT2D eigenvalue weighted by Crippen LogP contribution is -2.29. The van der Waals surface area contributed by atoms with Crippen molar-refractivity contribution < 1.29 is 9.00 Å². The van der Waals surface area contributed by atoms with Gasteiger partial charge in [-0.3, -0.25) is 9.00 Å². The third-order valence-electron chi connectivity index (χ3n) is 3.45. The summed E-state index contributed by atoms with van der Waals surface area (Å²) in [6, 6.07) is 8.42. The highest BCUT2D eigenvalue weighted by atomic mass is 32.2. The maximum atomic E-state index is 11.5. The van der Waals surface area contributed by atoms with E-state index < -0.39 is 10.8 Å². The molecule has 2 N–H and O–H groups in total. The molecule has 1 aliphatic heterocycles. The predicted octanol–water partition coefficient (Wildman–Crippen LogP) is 1.69. The molecule has 0 unspecified atom stereocenters. The molecule has 110 valence electrons. The van der Waals surface area contributed by atoms with E-state index in [9.17, 15) is 9.00 Å². The minimum absolute atomic E-state index is 0.0583. The van der Waals surface area contributed by atoms with Gasteiger partial charge in [0.2, 0.25) is 5.91 Å². The summed E-state index contributed by atoms with van der Waals surface area (Å²) in [6.07, 6.45) is 2.36. The van der Waals surface area contributed by atoms with Gasteiger partial charge in [-0.15, -0.1) is 0 Å². The molecule has 20 heavy (non-hydrogen) atoms. The zero-order valence-electron chi connectivity index (χ0n) is 11.9. The number of benzene rings is 1. The van der Waals surface area contributed by atoms with Gasteiger partial charge in [0.15, 0.2) is 0 Å². The van der Waals surface area contributed by atoms with Crippen LogP contribution >= 0.6 is 0 Å². The van der Waals surface area contributed by atoms with Gasteiger partial charge in [-0.05, 0) is 37.5 Å². The molecule has 1 aromatic rings. The average molecular weight is 294 g/mol. The average Bonchev–Trinajstić information content (AvgIpc) is 2.44. The van der Waals surface area contributed by atoms with E-state index >= 15 is 0 Å². The third-order valence-corrected chi connectivity index (χ3v) is 4.83. The number of likely N-dealkylation sites (N-methyl/N-ethyl adjacent to an activating group) is 1. The fraction of sp³-hybridized carbons (Fsp3) is 0.533. The minimum atomic E-state index is -0.616. The van der Waals surface area contributed by atoms with Crippen LogP contribution in [0, 0.1) is 0 Å². The van der Waals surface area contributed by atoms with Crippen LogP contribution in [-0.2, 0) is 22.0 Å². The number of amides is 1. The number of hydrogen-bond donors (Lipinski definition) is 2. The van der Waals surface area contributed by atoms with Crippen molar-refractivity contribution in [1.82, 2.24) is 5.32 Å². The molecule has 1 aromatic carbocycles. The van der Waals surface area contributed by atoms with Crippen molar-refractivity contribution in [3.8, 4) is 0 Å². The van der Waals surface area contributed by atoms with E-state index in [-0.39, 0.29) is 5.91 Å². The van der Waals surface area contributed by atoms with Crippen LogP contribution in [0.2, 0.25) is 0 Å². The Labute approximate surface area is 122 Å². The standard InChI is InChI=1S/C15H22N2O2S/c1-2-16-15(18)11-12-3-5-13(6-4-12)17-14-7-9-20(19)10-8-14/h3-6,14,17H,2,7-11H2,1H3,(H,16,18). The van der Waals surface area contributed by atoms with E-state index in [1.165, 1.54) is 0 Å². The molecule has 1 saturated heterocycles. The van der Waals surface area contributed by atoms with Gasteiger partial charge in [-0.2, -0.15) is 0 Å². The molecule has 1 heterocycles. The summed E-state index contributed by atoms with van der Waals surface area (Å²) in [4.78, 5) is 11.5. The van der Waals surface area contributed by atoms with Gasteiger partial charge in [-0.1, -0.05) is 12.1 Å². The summed E-state index contributed by atoms with van der Waals surface area (Å²) in [5, 5.41) is 6.27. The Balaban J connectivity index is 1.85. The zero-order chi connectivity index (χ0) is 14.4. The first-order chi connectivity index (χ1) is 9.67. The van der Waals surface area contributed by atoms with Crippen molar-refractivity contribution >= 4 is 22.4 Å². The van der Waals surface area contributed by atoms with Gasteiger partial charge in [-0.25, -0.2) is 0 Å². The van der Waals surface area contributed by atoms with Gasteiger partial charge in [0.25, 0.3) is 0 Å². The normalized spacial score (nSPS) is 22.2. The predicted molar refractivity (Wildman–Crippen MR) is 83.4 cm³/mol. The van der Waals surface area contributed by atoms with Crippen LogP contribution in [0.5, 0.6) is 0 Å². The van der Waals surface area contributed by atoms with Gasteiger partial charge < -0.3 is 10.6 Å². The van der Waals surface area contributed by atoms with Crippen molar-refractivity contribution in [2.75, 3.05) is 23.4 Å². The molecular weight excluding hydrogens is 272 g/mol. The fourth-order valence-electron chi connectivity index (χ4n) is 2.34. The first-order valence-electron chi connectivity index (χ1n) is 7.14. The molecule has 1 aliphatic rings. The molecule has 0 atom stereocenters. The van der Waals surface area contributed by atoms with Gasteiger partial charge >= 0.3 is 0 Å². The molecule has 0 saturated carbocycles. The van der Waals surface area contributed by atoms with E-state index in [1.807, 2.05) is 31.2 Å². The topological polar surface area (TPSA) is 58.2 Å². The SMILES string of the molecule is CCNC(=O)Cc1ccc(NC2CCS(=O)CC2)cc1. The van der Waals surface area contributed by atoms with E-state index in [2.05, 4.69) is 10.6 Å². The summed E-state index contributed by atoms with van der Waals surface area (Å²) in [6.45, 7) is 2.59. The highest BCUT2D eigenvalue weighted by Crippen LogP contribution is 2.17. The number of hydrogen-bond acceptors (Lipinski definition) is 3. The molecule has 1 amide bonds. The van der Waals surface area contributed by atoms with Crippen LogP contribution in [0.15, 0.2) is 24.3 Å². The Hall–Kier alpha value is -1.36. The molecule has 4 nitrogen and oxygen atoms in total. The second-order valence-electron chi connectivity index (χ2n) is 5.09. The Kier molecular flexibility index (Phi) is 5.59. The number of carbonyl (C=O) groups is 1. The highest BCUT2D eigenvalue weighted by molar-refractivity contribution is 7.85. The molecule has 0 spiro atoms. The van der Waals surface area contributed by atoms with Crippen LogP contribution in [0.1, 0.15) is 25.3 Å². The molecule has 0 aromatic heterocycles. The monoisotopic (exact) mass is 294 g/mol. The van der Waals surface area contributed by atoms with Gasteiger partial charge in [0, 0.05) is 40.6 Å². The fourth-order valence-corrected chi connectivity index (χ4v) is 3.64. The summed E-state index contributed by atoms with van der Waals surface area (Å²) in [5.74, 6) is 1.66. The quantitative estimate of drug-likeness (QED) is 0.869. The summed E-state index contributed by atoms with van der Waals surface area (Å²) >= 11 is 0. The summed E-state index contributed by atoms with van der Waals surface area (Å²) < 4.78 is 11.3. The lowest BCUT2D eigenvalue weighted by atomic mass is 10.1. The summed E-state index contributed by atoms with van der Waals surface area (Å²) in [7, 11) is -0.616. The third kappa shape index (κ3) is 4.63. The maximum absolute atomic E-state index is 11.5. The minimum Gasteiger partial charge on any atom is -0.382 e. The zero-order valence-corrected chi connectivity index (χ0v) is 12.7. The van der Waals surface area contributed by atoms with Crippen molar-refractivity contribution in [2.45, 2.75) is 32.2 Å². The van der Waals surface area contributed by atoms with Gasteiger partial charge in [0.05, 0.1) is 6.42 Å². The van der Waals surface area contributed by atoms with E-state index in [0.717, 1.165) is 35.6 Å². The molecule has 0 aliphatic carbocycles. The van der Waals surface area contributed by atoms with Crippen LogP contribution < -0.4 is 10.6 Å². The number of nitrogens with one attached hydrogen (secondary N) is 2. The molecule has 2 rings (SSSR count). The number of rotatable bonds is 5. The van der Waals surface area contributed by atoms with Crippen LogP contribution in [0.4, 0.5) is 5.69 Å². The van der Waals surface area contributed by atoms with E-state index in [1.54, 1.807) is 0 Å². The van der Waals surface area contributed by atoms with Crippen LogP contribution in [-0.4, -0.2) is 34.2 Å². The van der Waals surface area contributed by atoms with Crippen LogP contribution in [0.25, 0.3) is 0 Å². The Morgan fingerprint density at radius 1 is 1.25 bits per heavy atom. The van der Waals surface area contributed by atoms with Crippen molar-refractivity contribution in [3.05, 3.63) is 29.8 Å². The second-order valence-corrected chi connectivity index (χ2v) is 6.79. The van der Waals surface area contributed by atoms with Crippen LogP contribution in [0.3, 0.4) is 0 Å². The smallest absolute Gasteiger partial charge is 0.224 e. The molecular formula is C15H22N2O2S. The van der Waals surface area contributed by atoms with Gasteiger partial charge in [0.1, 0.15) is 0 Å². The number of carbonyl (C=O) groups excluding carboxylic acids is 1. The van der Waals surface area contributed by atoms with Crippen molar-refractivity contribution in [3.63, 3.8) is 0 Å². The van der Waals surface area contributed by atoms with Crippen molar-refractivity contribution in [1.29, 1.82) is 0 Å². The second kappa shape index (κ2) is 7.43. The molecule has 0 radical (unpaired) electrons. The highest BCUT2D eigenvalue weighted by Gasteiger charge is 2.17. The lowest BCUT2D eigenvalue weighted by molar-refractivity contribution is -0.120. The Morgan fingerprint density at radius 2 is 1.90 bits per heavy atom. The lowest BCUT2D eigenvalue weighted by Gasteiger charge is -2.23. The Bertz CT molecular complexity index is 463. The molecule has 1 fully saturated rings. The van der Waals surface area contributed by atoms with E-state index in [0.29, 0.717) is 19.0 Å². The maximum Gasteiger partial charge on any atom is 0.224 e. The molecule has 5 heteroatoms. The largest absolute Gasteiger partial charge is 0.382 e. The number of anilines is 1. The first kappa shape index (κ1) is 15.0. The van der Waals surface area contributed by atoms with E-state index in [4.69, 9.17) is 0 Å². The molecule has 0 bridgehead atoms.